The van der Waals surface area contributed by atoms with Gasteiger partial charge in [-0.3, -0.25) is 9.89 Å². The third-order valence-electron chi connectivity index (χ3n) is 4.63. The number of aromatic nitrogens is 4. The molecule has 0 bridgehead atoms. The minimum atomic E-state index is -0.731. The molecule has 0 aliphatic rings. The van der Waals surface area contributed by atoms with Gasteiger partial charge >= 0.3 is 0 Å². The molecule has 0 radical (unpaired) electrons. The van der Waals surface area contributed by atoms with Gasteiger partial charge in [0.2, 0.25) is 5.91 Å². The molecule has 0 saturated heterocycles. The number of H-pyrrole nitrogens is 1. The highest BCUT2D eigenvalue weighted by molar-refractivity contribution is 8.00. The molecule has 2 aromatic heterocycles. The third kappa shape index (κ3) is 4.65. The van der Waals surface area contributed by atoms with Gasteiger partial charge in [-0.05, 0) is 17.5 Å². The Balaban J connectivity index is 2.11. The van der Waals surface area contributed by atoms with Crippen molar-refractivity contribution in [3.8, 4) is 12.1 Å². The Morgan fingerprint density at radius 3 is 2.52 bits per heavy atom. The van der Waals surface area contributed by atoms with Crippen molar-refractivity contribution in [1.82, 2.24) is 20.2 Å². The Labute approximate surface area is 183 Å². The molecule has 3 N–H and O–H groups in total. The molecule has 0 aliphatic heterocycles. The molecule has 1 amide bonds. The van der Waals surface area contributed by atoms with Crippen LogP contribution in [0.3, 0.4) is 0 Å². The Hall–Kier alpha value is -3.89. The fourth-order valence-electron chi connectivity index (χ4n) is 3.18. The van der Waals surface area contributed by atoms with Crippen LogP contribution in [0.15, 0.2) is 41.7 Å². The predicted octanol–water partition coefficient (Wildman–Crippen LogP) is 2.46. The van der Waals surface area contributed by atoms with Gasteiger partial charge in [0.1, 0.15) is 40.4 Å². The number of anilines is 1. The maximum Gasteiger partial charge on any atom is 0.235 e. The lowest BCUT2D eigenvalue weighted by atomic mass is 10.0. The minimum Gasteiger partial charge on any atom is -0.368 e. The topological polar surface area (TPSA) is 148 Å². The summed E-state index contributed by atoms with van der Waals surface area (Å²) in [4.78, 5) is 22.7. The summed E-state index contributed by atoms with van der Waals surface area (Å²) in [6.07, 6.45) is 1.86. The molecule has 0 spiro atoms. The average molecular weight is 433 g/mol. The number of rotatable bonds is 8. The third-order valence-corrected chi connectivity index (χ3v) is 5.89. The van der Waals surface area contributed by atoms with Crippen LogP contribution in [0, 0.1) is 22.7 Å². The number of benzene rings is 1. The second-order valence-electron chi connectivity index (χ2n) is 6.65. The van der Waals surface area contributed by atoms with Crippen LogP contribution in [0.25, 0.3) is 0 Å². The summed E-state index contributed by atoms with van der Waals surface area (Å²) in [7, 11) is 1.77. The van der Waals surface area contributed by atoms with Gasteiger partial charge < -0.3 is 10.6 Å². The van der Waals surface area contributed by atoms with Crippen LogP contribution < -0.4 is 10.6 Å². The Morgan fingerprint density at radius 1 is 1.26 bits per heavy atom. The van der Waals surface area contributed by atoms with Gasteiger partial charge in [0.05, 0.1) is 17.7 Å². The number of nitrogens with zero attached hydrogens (tertiary/aromatic N) is 6. The summed E-state index contributed by atoms with van der Waals surface area (Å²) in [5.41, 5.74) is 7.57. The van der Waals surface area contributed by atoms with Crippen LogP contribution in [0.2, 0.25) is 0 Å². The molecule has 2 heterocycles. The summed E-state index contributed by atoms with van der Waals surface area (Å²) in [5.74, 6) is 0.457. The van der Waals surface area contributed by atoms with Gasteiger partial charge in [-0.25, -0.2) is 9.97 Å². The normalized spacial score (nSPS) is 11.4. The first kappa shape index (κ1) is 21.8. The van der Waals surface area contributed by atoms with Gasteiger partial charge in [0, 0.05) is 7.05 Å². The summed E-state index contributed by atoms with van der Waals surface area (Å²) < 4.78 is 0. The van der Waals surface area contributed by atoms with Gasteiger partial charge in [0.15, 0.2) is 0 Å². The largest absolute Gasteiger partial charge is 0.368 e. The number of hydrogen-bond acceptors (Lipinski definition) is 8. The molecule has 0 fully saturated rings. The monoisotopic (exact) mass is 432 g/mol. The molecule has 1 unspecified atom stereocenters. The van der Waals surface area contributed by atoms with E-state index in [9.17, 15) is 15.3 Å². The molecule has 156 valence electrons. The quantitative estimate of drug-likeness (QED) is 0.516. The zero-order chi connectivity index (χ0) is 22.4. The molecule has 1 atom stereocenters. The van der Waals surface area contributed by atoms with Crippen LogP contribution in [0.1, 0.15) is 40.3 Å². The van der Waals surface area contributed by atoms with Crippen molar-refractivity contribution >= 4 is 23.5 Å². The van der Waals surface area contributed by atoms with Gasteiger partial charge in [-0.1, -0.05) is 49.0 Å². The molecular weight excluding hydrogens is 412 g/mol. The molecule has 1 aromatic carbocycles. The maximum absolute atomic E-state index is 12.2. The SMILES string of the molecule is CCc1c(C#N)c(SC(C(N)=O)c2ccccc2)nc(N(C)Cc2ncn[nH]2)c1C#N. The highest BCUT2D eigenvalue weighted by atomic mass is 32.2. The van der Waals surface area contributed by atoms with Crippen LogP contribution >= 0.6 is 11.8 Å². The van der Waals surface area contributed by atoms with Crippen molar-refractivity contribution in [1.29, 1.82) is 10.5 Å². The fraction of sp³-hybridized carbons (Fsp3) is 0.238. The molecule has 31 heavy (non-hydrogen) atoms. The standard InChI is InChI=1S/C21H20N8OS/c1-3-14-15(9-22)20(29(2)11-17-25-12-26-28-17)27-21(16(14)10-23)31-18(19(24)30)13-7-5-4-6-8-13/h4-8,12,18H,3,11H2,1-2H3,(H2,24,30)(H,25,26,28). The lowest BCUT2D eigenvalue weighted by Crippen LogP contribution is -2.22. The minimum absolute atomic E-state index is 0.281. The predicted molar refractivity (Wildman–Crippen MR) is 116 cm³/mol. The number of nitrogens with one attached hydrogen (secondary N) is 1. The van der Waals surface area contributed by atoms with Crippen LogP contribution in [0.4, 0.5) is 5.82 Å². The summed E-state index contributed by atoms with van der Waals surface area (Å²) in [6, 6.07) is 13.4. The zero-order valence-electron chi connectivity index (χ0n) is 17.0. The Bertz CT molecular complexity index is 1150. The van der Waals surface area contributed by atoms with Crippen molar-refractivity contribution in [2.45, 2.75) is 30.2 Å². The number of carbonyl (C=O) groups excluding carboxylic acids is 1. The molecule has 0 saturated carbocycles. The van der Waals surface area contributed by atoms with E-state index in [1.807, 2.05) is 25.1 Å². The molecule has 10 heteroatoms. The number of aromatic amines is 1. The van der Waals surface area contributed by atoms with E-state index in [1.165, 1.54) is 6.33 Å². The highest BCUT2D eigenvalue weighted by Gasteiger charge is 2.26. The second kappa shape index (κ2) is 9.74. The number of hydrogen-bond donors (Lipinski definition) is 2. The summed E-state index contributed by atoms with van der Waals surface area (Å²) >= 11 is 1.11. The van der Waals surface area contributed by atoms with Crippen molar-refractivity contribution < 1.29 is 4.79 Å². The second-order valence-corrected chi connectivity index (χ2v) is 7.74. The average Bonchev–Trinajstić information content (AvgIpc) is 3.29. The van der Waals surface area contributed by atoms with Crippen LogP contribution in [-0.2, 0) is 17.8 Å². The molecular formula is C21H20N8OS. The van der Waals surface area contributed by atoms with Crippen LogP contribution in [0.5, 0.6) is 0 Å². The molecule has 9 nitrogen and oxygen atoms in total. The Morgan fingerprint density at radius 2 is 1.97 bits per heavy atom. The van der Waals surface area contributed by atoms with E-state index in [0.717, 1.165) is 11.8 Å². The summed E-state index contributed by atoms with van der Waals surface area (Å²) in [5, 5.41) is 25.9. The number of nitrogens with two attached hydrogens (primary N) is 1. The van der Waals surface area contributed by atoms with Gasteiger partial charge in [-0.15, -0.1) is 0 Å². The van der Waals surface area contributed by atoms with E-state index in [2.05, 4.69) is 32.3 Å². The number of thioether (sulfide) groups is 1. The van der Waals surface area contributed by atoms with Gasteiger partial charge in [-0.2, -0.15) is 15.6 Å². The van der Waals surface area contributed by atoms with E-state index < -0.39 is 11.2 Å². The van der Waals surface area contributed by atoms with Crippen molar-refractivity contribution in [2.75, 3.05) is 11.9 Å². The van der Waals surface area contributed by atoms with Crippen molar-refractivity contribution in [3.63, 3.8) is 0 Å². The van der Waals surface area contributed by atoms with Crippen molar-refractivity contribution in [2.24, 2.45) is 5.73 Å². The molecule has 3 aromatic rings. The summed E-state index contributed by atoms with van der Waals surface area (Å²) in [6.45, 7) is 2.20. The molecule has 0 aliphatic carbocycles. The first-order valence-corrected chi connectivity index (χ1v) is 10.3. The van der Waals surface area contributed by atoms with E-state index in [4.69, 9.17) is 5.73 Å². The number of carbonyl (C=O) groups is 1. The van der Waals surface area contributed by atoms with E-state index in [1.54, 1.807) is 24.1 Å². The molecule has 3 rings (SSSR count). The number of primary amides is 1. The first-order chi connectivity index (χ1) is 15.0. The first-order valence-electron chi connectivity index (χ1n) is 9.43. The maximum atomic E-state index is 12.2. The fourth-order valence-corrected chi connectivity index (χ4v) is 4.24. The number of amides is 1. The van der Waals surface area contributed by atoms with E-state index in [-0.39, 0.29) is 5.56 Å². The zero-order valence-corrected chi connectivity index (χ0v) is 17.8. The smallest absolute Gasteiger partial charge is 0.235 e. The van der Waals surface area contributed by atoms with Crippen molar-refractivity contribution in [3.05, 3.63) is 64.7 Å². The lowest BCUT2D eigenvalue weighted by molar-refractivity contribution is -0.117. The lowest BCUT2D eigenvalue weighted by Gasteiger charge is -2.22. The number of pyridine rings is 1. The number of nitriles is 2. The van der Waals surface area contributed by atoms with Crippen LogP contribution in [-0.4, -0.2) is 33.1 Å². The van der Waals surface area contributed by atoms with E-state index >= 15 is 0 Å². The highest BCUT2D eigenvalue weighted by Crippen LogP contribution is 2.39. The van der Waals surface area contributed by atoms with Gasteiger partial charge in [0.25, 0.3) is 0 Å². The Kier molecular flexibility index (Phi) is 6.85. The van der Waals surface area contributed by atoms with E-state index in [0.29, 0.717) is 46.3 Å².